The topological polar surface area (TPSA) is 64.6 Å². The van der Waals surface area contributed by atoms with Crippen molar-refractivity contribution in [3.8, 4) is 73.6 Å². The van der Waals surface area contributed by atoms with Crippen molar-refractivity contribution in [3.05, 3.63) is 60.7 Å². The van der Waals surface area contributed by atoms with E-state index in [1.54, 1.807) is 42.7 Å². The highest BCUT2D eigenvalue weighted by atomic mass is 31.1. The molecule has 40 heavy (non-hydrogen) atoms. The van der Waals surface area contributed by atoms with E-state index < -0.39 is 7.92 Å². The summed E-state index contributed by atoms with van der Waals surface area (Å²) < 4.78 is 40.9. The minimum absolute atomic E-state index is 0.532. The summed E-state index contributed by atoms with van der Waals surface area (Å²) in [6, 6.07) is 19.8. The van der Waals surface area contributed by atoms with Gasteiger partial charge in [0.15, 0.2) is 0 Å². The lowest BCUT2D eigenvalue weighted by Crippen LogP contribution is -2.06. The predicted molar refractivity (Wildman–Crippen MR) is 160 cm³/mol. The Balaban J connectivity index is 1.93. The van der Waals surface area contributed by atoms with E-state index in [0.29, 0.717) is 40.8 Å². The molecular formula is C32H33O7P. The van der Waals surface area contributed by atoms with Gasteiger partial charge in [-0.05, 0) is 62.1 Å². The number of fused-ring (bicyclic) bond motifs is 1. The van der Waals surface area contributed by atoms with Crippen molar-refractivity contribution in [2.45, 2.75) is 0 Å². The zero-order valence-corrected chi connectivity index (χ0v) is 24.7. The van der Waals surface area contributed by atoms with Crippen LogP contribution in [0.25, 0.3) is 33.4 Å². The average molecular weight is 561 g/mol. The van der Waals surface area contributed by atoms with E-state index in [2.05, 4.69) is 18.8 Å². The van der Waals surface area contributed by atoms with Crippen LogP contribution in [0.4, 0.5) is 0 Å². The molecular weight excluding hydrogens is 527 g/mol. The molecule has 0 bridgehead atoms. The molecule has 0 saturated carbocycles. The highest BCUT2D eigenvalue weighted by molar-refractivity contribution is 7.65. The fourth-order valence-electron chi connectivity index (χ4n) is 5.14. The first-order valence-electron chi connectivity index (χ1n) is 12.7. The maximum absolute atomic E-state index is 6.21. The third-order valence-electron chi connectivity index (χ3n) is 7.03. The summed E-state index contributed by atoms with van der Waals surface area (Å²) >= 11 is 0. The van der Waals surface area contributed by atoms with Gasteiger partial charge in [-0.15, -0.1) is 0 Å². The van der Waals surface area contributed by atoms with E-state index in [4.69, 9.17) is 33.2 Å². The van der Waals surface area contributed by atoms with Crippen molar-refractivity contribution >= 4 is 13.2 Å². The molecule has 208 valence electrons. The molecule has 7 nitrogen and oxygen atoms in total. The molecule has 0 aromatic heterocycles. The smallest absolute Gasteiger partial charge is 0.138 e. The van der Waals surface area contributed by atoms with Crippen LogP contribution in [-0.2, 0) is 0 Å². The second-order valence-electron chi connectivity index (χ2n) is 9.24. The Hall–Kier alpha value is -4.09. The fraction of sp³-hybridized carbons (Fsp3) is 0.250. The molecule has 1 aliphatic heterocycles. The molecule has 5 rings (SSSR count). The molecule has 0 spiro atoms. The lowest BCUT2D eigenvalue weighted by Gasteiger charge is -2.23. The number of hydrogen-bond acceptors (Lipinski definition) is 7. The zero-order valence-electron chi connectivity index (χ0n) is 23.8. The Morgan fingerprint density at radius 3 is 1.48 bits per heavy atom. The van der Waals surface area contributed by atoms with Crippen LogP contribution in [-0.4, -0.2) is 55.7 Å². The monoisotopic (exact) mass is 560 g/mol. The fourth-order valence-corrected chi connectivity index (χ4v) is 6.71. The maximum Gasteiger partial charge on any atom is 0.138 e. The second-order valence-corrected chi connectivity index (χ2v) is 11.3. The van der Waals surface area contributed by atoms with Gasteiger partial charge in [-0.25, -0.2) is 0 Å². The van der Waals surface area contributed by atoms with Crippen molar-refractivity contribution in [1.82, 2.24) is 0 Å². The van der Waals surface area contributed by atoms with Crippen molar-refractivity contribution in [2.24, 2.45) is 0 Å². The van der Waals surface area contributed by atoms with Gasteiger partial charge in [-0.2, -0.15) is 0 Å². The van der Waals surface area contributed by atoms with Gasteiger partial charge >= 0.3 is 0 Å². The number of rotatable bonds is 9. The average Bonchev–Trinajstić information content (AvgIpc) is 3.39. The highest BCUT2D eigenvalue weighted by Gasteiger charge is 2.30. The first kappa shape index (κ1) is 27.5. The van der Waals surface area contributed by atoms with Gasteiger partial charge in [-0.1, -0.05) is 12.1 Å². The van der Waals surface area contributed by atoms with Crippen molar-refractivity contribution in [2.75, 3.05) is 55.7 Å². The molecule has 0 N–H and O–H groups in total. The zero-order chi connectivity index (χ0) is 28.4. The van der Waals surface area contributed by atoms with E-state index in [1.807, 2.05) is 48.5 Å². The molecule has 4 aromatic rings. The van der Waals surface area contributed by atoms with E-state index in [0.717, 1.165) is 39.1 Å². The van der Waals surface area contributed by atoms with Gasteiger partial charge in [0.1, 0.15) is 46.6 Å². The molecule has 0 radical (unpaired) electrons. The summed E-state index contributed by atoms with van der Waals surface area (Å²) in [5.74, 6) is 4.93. The molecule has 0 saturated heterocycles. The van der Waals surface area contributed by atoms with Gasteiger partial charge in [0.05, 0.1) is 48.2 Å². The second kappa shape index (κ2) is 11.6. The molecule has 1 aliphatic rings. The van der Waals surface area contributed by atoms with Gasteiger partial charge in [-0.3, -0.25) is 0 Å². The third kappa shape index (κ3) is 4.86. The summed E-state index contributed by atoms with van der Waals surface area (Å²) in [6.07, 6.45) is 0.680. The van der Waals surface area contributed by atoms with Crippen molar-refractivity contribution in [3.63, 3.8) is 0 Å². The van der Waals surface area contributed by atoms with Crippen LogP contribution < -0.4 is 38.5 Å². The Morgan fingerprint density at radius 2 is 1.05 bits per heavy atom. The first-order chi connectivity index (χ1) is 19.5. The minimum Gasteiger partial charge on any atom is -0.497 e. The molecule has 4 aromatic carbocycles. The van der Waals surface area contributed by atoms with E-state index in [-0.39, 0.29) is 0 Å². The summed E-state index contributed by atoms with van der Waals surface area (Å²) in [5, 5.41) is 1.18. The van der Waals surface area contributed by atoms with Crippen LogP contribution in [0.3, 0.4) is 0 Å². The minimum atomic E-state index is -0.532. The third-order valence-corrected chi connectivity index (χ3v) is 8.77. The van der Waals surface area contributed by atoms with Crippen LogP contribution in [0.15, 0.2) is 60.7 Å². The Labute approximate surface area is 236 Å². The number of benzene rings is 4. The molecule has 0 fully saturated rings. The largest absolute Gasteiger partial charge is 0.497 e. The Kier molecular flexibility index (Phi) is 7.95. The summed E-state index contributed by atoms with van der Waals surface area (Å²) in [6.45, 7) is 2.23. The molecule has 1 heterocycles. The van der Waals surface area contributed by atoms with Gasteiger partial charge in [0, 0.05) is 34.1 Å². The molecule has 0 aliphatic carbocycles. The maximum atomic E-state index is 6.21. The van der Waals surface area contributed by atoms with Crippen LogP contribution in [0.1, 0.15) is 0 Å². The van der Waals surface area contributed by atoms with Crippen LogP contribution in [0.5, 0.6) is 40.2 Å². The van der Waals surface area contributed by atoms with Gasteiger partial charge in [0.2, 0.25) is 0 Å². The normalized spacial score (nSPS) is 13.7. The van der Waals surface area contributed by atoms with E-state index >= 15 is 0 Å². The van der Waals surface area contributed by atoms with E-state index in [1.165, 1.54) is 5.30 Å². The van der Waals surface area contributed by atoms with Crippen LogP contribution in [0, 0.1) is 0 Å². The number of hydrogen-bond donors (Lipinski definition) is 0. The van der Waals surface area contributed by atoms with Crippen molar-refractivity contribution < 1.29 is 33.2 Å². The van der Waals surface area contributed by atoms with Crippen LogP contribution in [0.2, 0.25) is 0 Å². The molecule has 0 unspecified atom stereocenters. The summed E-state index contributed by atoms with van der Waals surface area (Å²) in [7, 11) is 9.39. The summed E-state index contributed by atoms with van der Waals surface area (Å²) in [4.78, 5) is 0. The highest BCUT2D eigenvalue weighted by Crippen LogP contribution is 2.54. The molecule has 1 atom stereocenters. The number of methoxy groups -OCH3 is 6. The lowest BCUT2D eigenvalue weighted by atomic mass is 9.90. The molecule has 0 amide bonds. The standard InChI is InChI=1S/C32H33O7P/c1-33-21-11-19(12-22(15-21)34-2)26-17-27(20-13-23(35-3)16-24(14-20)36-4)31(38-6)29(30(26)37-5)25-9-8-10-28-32(25)40(7)18-39-28/h8-17H,18H2,1-7H3/t40-/m0/s1. The quantitative estimate of drug-likeness (QED) is 0.208. The Bertz CT molecular complexity index is 1420. The molecule has 8 heteroatoms. The van der Waals surface area contributed by atoms with Crippen LogP contribution >= 0.6 is 7.92 Å². The van der Waals surface area contributed by atoms with Gasteiger partial charge in [0.25, 0.3) is 0 Å². The van der Waals surface area contributed by atoms with Crippen molar-refractivity contribution in [1.29, 1.82) is 0 Å². The lowest BCUT2D eigenvalue weighted by molar-refractivity contribution is 0.393. The van der Waals surface area contributed by atoms with Gasteiger partial charge < -0.3 is 33.2 Å². The number of ether oxygens (including phenoxy) is 7. The Morgan fingerprint density at radius 1 is 0.575 bits per heavy atom. The summed E-state index contributed by atoms with van der Waals surface area (Å²) in [5.41, 5.74) is 5.31. The first-order valence-corrected chi connectivity index (χ1v) is 14.7. The van der Waals surface area contributed by atoms with E-state index in [9.17, 15) is 0 Å². The SMILES string of the molecule is COc1cc(OC)cc(-c2cc(-c3cc(OC)cc(OC)c3)c(OC)c(-c3cccc4c3[P@@](C)CO4)c2OC)c1. The predicted octanol–water partition coefficient (Wildman–Crippen LogP) is 6.83.